The van der Waals surface area contributed by atoms with Crippen LogP contribution in [0.25, 0.3) is 0 Å². The Morgan fingerprint density at radius 3 is 2.74 bits per heavy atom. The molecule has 1 fully saturated rings. The van der Waals surface area contributed by atoms with Crippen LogP contribution < -0.4 is 11.1 Å². The van der Waals surface area contributed by atoms with Gasteiger partial charge in [-0.1, -0.05) is 17.7 Å². The van der Waals surface area contributed by atoms with Crippen molar-refractivity contribution in [1.29, 1.82) is 0 Å². The standard InChI is InChI=1S/C17H25N3O2S/c1-12-5-7-14(8-6-12)19-16(21)11-23-13(2)17(22)20-9-3-4-15(20)10-18/h5-8,13,15H,3-4,9-11,18H2,1-2H3,(H,19,21). The average Bonchev–Trinajstić information content (AvgIpc) is 3.02. The summed E-state index contributed by atoms with van der Waals surface area (Å²) in [6, 6.07) is 7.82. The Kier molecular flexibility index (Phi) is 6.47. The normalized spacial score (nSPS) is 18.7. The molecule has 2 unspecified atom stereocenters. The number of nitrogens with zero attached hydrogens (tertiary/aromatic N) is 1. The number of likely N-dealkylation sites (tertiary alicyclic amines) is 1. The van der Waals surface area contributed by atoms with Gasteiger partial charge in [0, 0.05) is 24.8 Å². The monoisotopic (exact) mass is 335 g/mol. The second kappa shape index (κ2) is 8.36. The smallest absolute Gasteiger partial charge is 0.235 e. The number of rotatable bonds is 6. The maximum atomic E-state index is 12.4. The van der Waals surface area contributed by atoms with Gasteiger partial charge < -0.3 is 16.0 Å². The van der Waals surface area contributed by atoms with E-state index in [9.17, 15) is 9.59 Å². The van der Waals surface area contributed by atoms with Crippen molar-refractivity contribution in [2.75, 3.05) is 24.2 Å². The summed E-state index contributed by atoms with van der Waals surface area (Å²) in [7, 11) is 0. The van der Waals surface area contributed by atoms with Gasteiger partial charge in [-0.2, -0.15) is 0 Å². The van der Waals surface area contributed by atoms with Gasteiger partial charge in [-0.15, -0.1) is 11.8 Å². The lowest BCUT2D eigenvalue weighted by Gasteiger charge is -2.26. The SMILES string of the molecule is Cc1ccc(NC(=O)CSC(C)C(=O)N2CCCC2CN)cc1. The molecule has 1 heterocycles. The van der Waals surface area contributed by atoms with E-state index in [1.54, 1.807) is 0 Å². The van der Waals surface area contributed by atoms with Crippen LogP contribution >= 0.6 is 11.8 Å². The number of hydrogen-bond donors (Lipinski definition) is 2. The van der Waals surface area contributed by atoms with E-state index in [4.69, 9.17) is 5.73 Å². The van der Waals surface area contributed by atoms with E-state index in [0.29, 0.717) is 6.54 Å². The fraction of sp³-hybridized carbons (Fsp3) is 0.529. The summed E-state index contributed by atoms with van der Waals surface area (Å²) in [5.74, 6) is 0.267. The van der Waals surface area contributed by atoms with Gasteiger partial charge in [-0.25, -0.2) is 0 Å². The fourth-order valence-electron chi connectivity index (χ4n) is 2.71. The molecule has 1 aliphatic heterocycles. The van der Waals surface area contributed by atoms with Crippen LogP contribution in [0.5, 0.6) is 0 Å². The van der Waals surface area contributed by atoms with Gasteiger partial charge in [0.15, 0.2) is 0 Å². The number of hydrogen-bond acceptors (Lipinski definition) is 4. The molecular formula is C17H25N3O2S. The first kappa shape index (κ1) is 17.8. The lowest BCUT2D eigenvalue weighted by molar-refractivity contribution is -0.130. The number of carbonyl (C=O) groups is 2. The number of anilines is 1. The number of nitrogens with one attached hydrogen (secondary N) is 1. The Balaban J connectivity index is 1.79. The van der Waals surface area contributed by atoms with Gasteiger partial charge in [0.25, 0.3) is 0 Å². The van der Waals surface area contributed by atoms with Gasteiger partial charge in [0.2, 0.25) is 11.8 Å². The molecule has 1 aromatic carbocycles. The van der Waals surface area contributed by atoms with Gasteiger partial charge in [0.05, 0.1) is 11.0 Å². The lowest BCUT2D eigenvalue weighted by Crippen LogP contribution is -2.43. The molecule has 0 aromatic heterocycles. The molecule has 0 aliphatic carbocycles. The zero-order valence-electron chi connectivity index (χ0n) is 13.7. The van der Waals surface area contributed by atoms with Crippen LogP contribution in [0.4, 0.5) is 5.69 Å². The van der Waals surface area contributed by atoms with Gasteiger partial charge in [0.1, 0.15) is 0 Å². The van der Waals surface area contributed by atoms with Gasteiger partial charge in [-0.3, -0.25) is 9.59 Å². The number of carbonyl (C=O) groups excluding carboxylic acids is 2. The van der Waals surface area contributed by atoms with E-state index in [1.165, 1.54) is 11.8 Å². The third kappa shape index (κ3) is 4.97. The first-order chi connectivity index (χ1) is 11.0. The Labute approximate surface area is 142 Å². The summed E-state index contributed by atoms with van der Waals surface area (Å²) in [5.41, 5.74) is 7.65. The van der Waals surface area contributed by atoms with E-state index in [2.05, 4.69) is 5.32 Å². The van der Waals surface area contributed by atoms with Crippen LogP contribution in [-0.4, -0.2) is 46.8 Å². The molecule has 0 spiro atoms. The van der Waals surface area contributed by atoms with Crippen LogP contribution in [0.3, 0.4) is 0 Å². The molecule has 1 aliphatic rings. The van der Waals surface area contributed by atoms with E-state index < -0.39 is 0 Å². The summed E-state index contributed by atoms with van der Waals surface area (Å²) < 4.78 is 0. The number of aryl methyl sites for hydroxylation is 1. The Bertz CT molecular complexity index is 547. The molecule has 0 bridgehead atoms. The Morgan fingerprint density at radius 1 is 1.39 bits per heavy atom. The first-order valence-electron chi connectivity index (χ1n) is 8.00. The van der Waals surface area contributed by atoms with Crippen LogP contribution in [0.1, 0.15) is 25.3 Å². The summed E-state index contributed by atoms with van der Waals surface area (Å²) >= 11 is 1.37. The maximum absolute atomic E-state index is 12.4. The zero-order valence-corrected chi connectivity index (χ0v) is 14.6. The third-order valence-electron chi connectivity index (χ3n) is 4.08. The molecule has 2 amide bonds. The molecule has 2 atom stereocenters. The van der Waals surface area contributed by atoms with Crippen LogP contribution in [0, 0.1) is 6.92 Å². The molecule has 23 heavy (non-hydrogen) atoms. The second-order valence-electron chi connectivity index (χ2n) is 5.93. The second-order valence-corrected chi connectivity index (χ2v) is 7.26. The lowest BCUT2D eigenvalue weighted by atomic mass is 10.2. The maximum Gasteiger partial charge on any atom is 0.235 e. The highest BCUT2D eigenvalue weighted by atomic mass is 32.2. The predicted octanol–water partition coefficient (Wildman–Crippen LogP) is 2.00. The summed E-state index contributed by atoms with van der Waals surface area (Å²) in [6.45, 7) is 5.15. The summed E-state index contributed by atoms with van der Waals surface area (Å²) in [5, 5.41) is 2.62. The van der Waals surface area contributed by atoms with Crippen LogP contribution in [-0.2, 0) is 9.59 Å². The Morgan fingerprint density at radius 2 is 2.09 bits per heavy atom. The van der Waals surface area contributed by atoms with Crippen molar-refractivity contribution >= 4 is 29.3 Å². The molecule has 2 rings (SSSR count). The molecule has 1 aromatic rings. The third-order valence-corrected chi connectivity index (χ3v) is 5.21. The topological polar surface area (TPSA) is 75.4 Å². The highest BCUT2D eigenvalue weighted by Crippen LogP contribution is 2.22. The van der Waals surface area contributed by atoms with Crippen molar-refractivity contribution in [2.24, 2.45) is 5.73 Å². The van der Waals surface area contributed by atoms with Crippen molar-refractivity contribution in [3.05, 3.63) is 29.8 Å². The largest absolute Gasteiger partial charge is 0.337 e. The van der Waals surface area contributed by atoms with Crippen molar-refractivity contribution in [1.82, 2.24) is 4.90 Å². The molecule has 6 heteroatoms. The minimum Gasteiger partial charge on any atom is -0.337 e. The summed E-state index contributed by atoms with van der Waals surface area (Å²) in [6.07, 6.45) is 1.99. The van der Waals surface area contributed by atoms with Crippen molar-refractivity contribution in [3.63, 3.8) is 0 Å². The average molecular weight is 335 g/mol. The minimum atomic E-state index is -0.231. The molecule has 126 valence electrons. The number of benzene rings is 1. The van der Waals surface area contributed by atoms with E-state index in [-0.39, 0.29) is 28.9 Å². The first-order valence-corrected chi connectivity index (χ1v) is 9.05. The van der Waals surface area contributed by atoms with Crippen molar-refractivity contribution in [2.45, 2.75) is 38.0 Å². The number of amides is 2. The minimum absolute atomic E-state index is 0.0877. The van der Waals surface area contributed by atoms with E-state index in [0.717, 1.165) is 30.6 Å². The van der Waals surface area contributed by atoms with Crippen molar-refractivity contribution < 1.29 is 9.59 Å². The Hall–Kier alpha value is -1.53. The molecule has 0 radical (unpaired) electrons. The van der Waals surface area contributed by atoms with Crippen LogP contribution in [0.2, 0.25) is 0 Å². The molecule has 1 saturated heterocycles. The molecule has 5 nitrogen and oxygen atoms in total. The quantitative estimate of drug-likeness (QED) is 0.834. The highest BCUT2D eigenvalue weighted by molar-refractivity contribution is 8.01. The van der Waals surface area contributed by atoms with Gasteiger partial charge >= 0.3 is 0 Å². The highest BCUT2D eigenvalue weighted by Gasteiger charge is 2.30. The molecule has 0 saturated carbocycles. The fourth-order valence-corrected chi connectivity index (χ4v) is 3.46. The summed E-state index contributed by atoms with van der Waals surface area (Å²) in [4.78, 5) is 26.3. The van der Waals surface area contributed by atoms with E-state index in [1.807, 2.05) is 43.0 Å². The van der Waals surface area contributed by atoms with Gasteiger partial charge in [-0.05, 0) is 38.8 Å². The number of nitrogens with two attached hydrogens (primary N) is 1. The number of thioether (sulfide) groups is 1. The zero-order chi connectivity index (χ0) is 16.8. The van der Waals surface area contributed by atoms with Crippen LogP contribution in [0.15, 0.2) is 24.3 Å². The van der Waals surface area contributed by atoms with E-state index >= 15 is 0 Å². The predicted molar refractivity (Wildman–Crippen MR) is 95.5 cm³/mol. The van der Waals surface area contributed by atoms with Crippen molar-refractivity contribution in [3.8, 4) is 0 Å². The molecule has 3 N–H and O–H groups in total. The molecular weight excluding hydrogens is 310 g/mol.